The summed E-state index contributed by atoms with van der Waals surface area (Å²) >= 11 is 5.74. The first-order valence-corrected chi connectivity index (χ1v) is 5.81. The molecule has 0 aliphatic heterocycles. The highest BCUT2D eigenvalue weighted by Gasteiger charge is 2.17. The number of rotatable bonds is 2. The minimum Gasteiger partial charge on any atom is -0.397 e. The van der Waals surface area contributed by atoms with Gasteiger partial charge in [-0.05, 0) is 24.3 Å². The number of carbonyl (C=O) groups is 1. The lowest BCUT2D eigenvalue weighted by atomic mass is 10.2. The van der Waals surface area contributed by atoms with Gasteiger partial charge in [0.05, 0.1) is 17.4 Å². The number of nitrogens with two attached hydrogens (primary N) is 1. The third kappa shape index (κ3) is 2.82. The van der Waals surface area contributed by atoms with E-state index in [1.54, 1.807) is 6.07 Å². The van der Waals surface area contributed by atoms with Gasteiger partial charge >= 0.3 is 0 Å². The van der Waals surface area contributed by atoms with Gasteiger partial charge in [0.2, 0.25) is 0 Å². The van der Waals surface area contributed by atoms with Gasteiger partial charge in [0.1, 0.15) is 11.0 Å². The lowest BCUT2D eigenvalue weighted by Gasteiger charge is -2.18. The summed E-state index contributed by atoms with van der Waals surface area (Å²) < 4.78 is 13.1. The first kappa shape index (κ1) is 13.3. The Morgan fingerprint density at radius 2 is 2.16 bits per heavy atom. The zero-order chi connectivity index (χ0) is 14.0. The van der Waals surface area contributed by atoms with Crippen LogP contribution in [0.2, 0.25) is 5.15 Å². The minimum absolute atomic E-state index is 0.171. The third-order valence-electron chi connectivity index (χ3n) is 2.63. The Bertz CT molecular complexity index is 633. The smallest absolute Gasteiger partial charge is 0.260 e. The molecule has 6 heteroatoms. The molecule has 2 rings (SSSR count). The first-order chi connectivity index (χ1) is 8.99. The fourth-order valence-corrected chi connectivity index (χ4v) is 1.77. The van der Waals surface area contributed by atoms with Gasteiger partial charge in [0.15, 0.2) is 0 Å². The molecule has 98 valence electrons. The Balaban J connectivity index is 2.36. The quantitative estimate of drug-likeness (QED) is 0.860. The Morgan fingerprint density at radius 3 is 2.84 bits per heavy atom. The number of hydrogen-bond acceptors (Lipinski definition) is 3. The predicted octanol–water partition coefficient (Wildman–Crippen LogP) is 2.73. The molecule has 0 aliphatic carbocycles. The highest BCUT2D eigenvalue weighted by Crippen LogP contribution is 2.21. The number of halogens is 2. The summed E-state index contributed by atoms with van der Waals surface area (Å²) in [7, 11) is 1.53. The third-order valence-corrected chi connectivity index (χ3v) is 2.84. The van der Waals surface area contributed by atoms with Crippen LogP contribution in [0.3, 0.4) is 0 Å². The van der Waals surface area contributed by atoms with Gasteiger partial charge in [0, 0.05) is 12.7 Å². The summed E-state index contributed by atoms with van der Waals surface area (Å²) in [4.78, 5) is 17.3. The van der Waals surface area contributed by atoms with Crippen molar-refractivity contribution in [3.8, 4) is 0 Å². The topological polar surface area (TPSA) is 59.2 Å². The molecule has 2 aromatic rings. The Morgan fingerprint density at radius 1 is 1.42 bits per heavy atom. The van der Waals surface area contributed by atoms with E-state index in [0.29, 0.717) is 5.69 Å². The number of anilines is 2. The number of nitrogens with zero attached hydrogens (tertiary/aromatic N) is 2. The van der Waals surface area contributed by atoms with E-state index in [4.69, 9.17) is 17.3 Å². The van der Waals surface area contributed by atoms with Gasteiger partial charge in [-0.2, -0.15) is 0 Å². The molecule has 2 N–H and O–H groups in total. The van der Waals surface area contributed by atoms with Gasteiger partial charge in [-0.25, -0.2) is 9.37 Å². The number of amides is 1. The fourth-order valence-electron chi connectivity index (χ4n) is 1.61. The van der Waals surface area contributed by atoms with Crippen molar-refractivity contribution < 1.29 is 9.18 Å². The minimum atomic E-state index is -0.419. The van der Waals surface area contributed by atoms with Crippen molar-refractivity contribution in [3.63, 3.8) is 0 Å². The molecular weight excluding hydrogens is 269 g/mol. The number of aromatic nitrogens is 1. The van der Waals surface area contributed by atoms with E-state index in [2.05, 4.69) is 4.98 Å². The van der Waals surface area contributed by atoms with Crippen LogP contribution in [0.1, 0.15) is 10.4 Å². The normalized spacial score (nSPS) is 10.3. The first-order valence-electron chi connectivity index (χ1n) is 5.43. The summed E-state index contributed by atoms with van der Waals surface area (Å²) in [5.74, 6) is -0.801. The maximum atomic E-state index is 13.1. The summed E-state index contributed by atoms with van der Waals surface area (Å²) in [6.07, 6.45) is 1.31. The van der Waals surface area contributed by atoms with Crippen molar-refractivity contribution in [2.45, 2.75) is 0 Å². The van der Waals surface area contributed by atoms with Crippen LogP contribution in [0.4, 0.5) is 15.8 Å². The second kappa shape index (κ2) is 5.24. The van der Waals surface area contributed by atoms with Crippen LogP contribution >= 0.6 is 11.6 Å². The van der Waals surface area contributed by atoms with E-state index in [1.165, 1.54) is 42.4 Å². The van der Waals surface area contributed by atoms with Crippen molar-refractivity contribution in [2.75, 3.05) is 17.7 Å². The number of hydrogen-bond donors (Lipinski definition) is 1. The summed E-state index contributed by atoms with van der Waals surface area (Å²) in [5, 5.41) is 0.171. The molecule has 0 spiro atoms. The zero-order valence-corrected chi connectivity index (χ0v) is 10.9. The molecule has 0 saturated heterocycles. The van der Waals surface area contributed by atoms with E-state index in [0.717, 1.165) is 0 Å². The van der Waals surface area contributed by atoms with E-state index >= 15 is 0 Å². The van der Waals surface area contributed by atoms with Gasteiger partial charge in [-0.1, -0.05) is 17.7 Å². The molecule has 0 radical (unpaired) electrons. The lowest BCUT2D eigenvalue weighted by Crippen LogP contribution is -2.27. The Labute approximate surface area is 114 Å². The monoisotopic (exact) mass is 279 g/mol. The van der Waals surface area contributed by atoms with Gasteiger partial charge < -0.3 is 10.6 Å². The van der Waals surface area contributed by atoms with Crippen LogP contribution in [0, 0.1) is 5.82 Å². The van der Waals surface area contributed by atoms with Crippen molar-refractivity contribution in [2.24, 2.45) is 0 Å². The molecule has 19 heavy (non-hydrogen) atoms. The average Bonchev–Trinajstić information content (AvgIpc) is 2.40. The van der Waals surface area contributed by atoms with Crippen molar-refractivity contribution in [1.29, 1.82) is 0 Å². The van der Waals surface area contributed by atoms with Crippen LogP contribution < -0.4 is 10.6 Å². The highest BCUT2D eigenvalue weighted by molar-refractivity contribution is 6.30. The molecule has 4 nitrogen and oxygen atoms in total. The second-order valence-electron chi connectivity index (χ2n) is 3.94. The van der Waals surface area contributed by atoms with Gasteiger partial charge in [-0.3, -0.25) is 4.79 Å². The van der Waals surface area contributed by atoms with E-state index in [1.807, 2.05) is 0 Å². The van der Waals surface area contributed by atoms with E-state index < -0.39 is 5.82 Å². The van der Waals surface area contributed by atoms with Crippen molar-refractivity contribution in [1.82, 2.24) is 4.98 Å². The molecule has 0 saturated carbocycles. The molecule has 0 unspecified atom stereocenters. The summed E-state index contributed by atoms with van der Waals surface area (Å²) in [5.41, 5.74) is 6.57. The predicted molar refractivity (Wildman–Crippen MR) is 72.8 cm³/mol. The molecule has 0 fully saturated rings. The molecule has 0 bridgehead atoms. The average molecular weight is 280 g/mol. The number of benzene rings is 1. The van der Waals surface area contributed by atoms with Gasteiger partial charge in [-0.15, -0.1) is 0 Å². The van der Waals surface area contributed by atoms with Gasteiger partial charge in [0.25, 0.3) is 5.91 Å². The molecule has 1 aromatic heterocycles. The lowest BCUT2D eigenvalue weighted by molar-refractivity contribution is 0.0993. The largest absolute Gasteiger partial charge is 0.397 e. The molecule has 1 aromatic carbocycles. The SMILES string of the molecule is CN(C(=O)c1cc(Cl)ncc1N)c1cccc(F)c1. The molecule has 1 amide bonds. The van der Waals surface area contributed by atoms with Crippen molar-refractivity contribution >= 4 is 28.9 Å². The standard InChI is InChI=1S/C13H11ClFN3O/c1-18(9-4-2-3-8(15)5-9)13(19)10-6-12(14)17-7-11(10)16/h2-7H,16H2,1H3. The fraction of sp³-hybridized carbons (Fsp3) is 0.0769. The number of pyridine rings is 1. The molecule has 1 heterocycles. The Kier molecular flexibility index (Phi) is 3.66. The van der Waals surface area contributed by atoms with E-state index in [9.17, 15) is 9.18 Å². The molecule has 0 aliphatic rings. The van der Waals surface area contributed by atoms with Crippen LogP contribution in [-0.4, -0.2) is 17.9 Å². The summed E-state index contributed by atoms with van der Waals surface area (Å²) in [6, 6.07) is 7.10. The van der Waals surface area contributed by atoms with Crippen LogP contribution in [-0.2, 0) is 0 Å². The number of nitrogen functional groups attached to an aromatic ring is 1. The number of carbonyl (C=O) groups excluding carboxylic acids is 1. The zero-order valence-electron chi connectivity index (χ0n) is 10.1. The molecule has 0 atom stereocenters. The van der Waals surface area contributed by atoms with Crippen LogP contribution in [0.5, 0.6) is 0 Å². The summed E-state index contributed by atoms with van der Waals surface area (Å²) in [6.45, 7) is 0. The Hall–Kier alpha value is -2.14. The van der Waals surface area contributed by atoms with Crippen LogP contribution in [0.25, 0.3) is 0 Å². The maximum absolute atomic E-state index is 13.1. The van der Waals surface area contributed by atoms with Crippen molar-refractivity contribution in [3.05, 3.63) is 53.1 Å². The van der Waals surface area contributed by atoms with Crippen LogP contribution in [0.15, 0.2) is 36.5 Å². The van der Waals surface area contributed by atoms with E-state index in [-0.39, 0.29) is 22.3 Å². The molecular formula is C13H11ClFN3O. The maximum Gasteiger partial charge on any atom is 0.260 e. The highest BCUT2D eigenvalue weighted by atomic mass is 35.5. The second-order valence-corrected chi connectivity index (χ2v) is 4.33.